The van der Waals surface area contributed by atoms with Crippen LogP contribution in [0.3, 0.4) is 0 Å². The summed E-state index contributed by atoms with van der Waals surface area (Å²) >= 11 is 0. The first-order valence-corrected chi connectivity index (χ1v) is 10.7. The van der Waals surface area contributed by atoms with Gasteiger partial charge in [-0.15, -0.1) is 0 Å². The smallest absolute Gasteiger partial charge is 0.346 e. The molecule has 1 aliphatic carbocycles. The van der Waals surface area contributed by atoms with Crippen molar-refractivity contribution in [2.45, 2.75) is 32.5 Å². The number of carbonyl (C=O) groups is 4. The largest absolute Gasteiger partial charge is 0.466 e. The van der Waals surface area contributed by atoms with Crippen LogP contribution < -0.4 is 0 Å². The average molecular weight is 466 g/mol. The van der Waals surface area contributed by atoms with Gasteiger partial charge >= 0.3 is 23.9 Å². The fourth-order valence-corrected chi connectivity index (χ4v) is 3.85. The van der Waals surface area contributed by atoms with Crippen LogP contribution in [0.1, 0.15) is 30.5 Å². The zero-order chi connectivity index (χ0) is 24.8. The third-order valence-corrected chi connectivity index (χ3v) is 5.54. The van der Waals surface area contributed by atoms with Crippen LogP contribution in [0.25, 0.3) is 5.57 Å². The van der Waals surface area contributed by atoms with E-state index in [0.717, 1.165) is 11.1 Å². The Morgan fingerprint density at radius 3 is 1.97 bits per heavy atom. The Morgan fingerprint density at radius 2 is 1.35 bits per heavy atom. The minimum Gasteiger partial charge on any atom is -0.466 e. The van der Waals surface area contributed by atoms with Crippen molar-refractivity contribution in [2.24, 2.45) is 5.92 Å². The maximum Gasteiger partial charge on any atom is 0.346 e. The second kappa shape index (κ2) is 10.8. The Kier molecular flexibility index (Phi) is 7.83. The van der Waals surface area contributed by atoms with E-state index in [4.69, 9.17) is 9.47 Å². The molecule has 3 atom stereocenters. The van der Waals surface area contributed by atoms with E-state index in [1.165, 1.54) is 28.1 Å². The molecule has 0 N–H and O–H groups in total. The van der Waals surface area contributed by atoms with Crippen LogP contribution in [0.2, 0.25) is 0 Å². The monoisotopic (exact) mass is 466 g/mol. The second-order valence-corrected chi connectivity index (χ2v) is 7.74. The number of benzene rings is 2. The van der Waals surface area contributed by atoms with Gasteiger partial charge in [0.2, 0.25) is 0 Å². The van der Waals surface area contributed by atoms with E-state index in [1.807, 2.05) is 54.6 Å². The summed E-state index contributed by atoms with van der Waals surface area (Å²) in [6.07, 6.45) is -2.21. The molecule has 0 amide bonds. The molecule has 0 spiro atoms. The van der Waals surface area contributed by atoms with Crippen molar-refractivity contribution in [3.63, 3.8) is 0 Å². The first-order chi connectivity index (χ1) is 16.3. The van der Waals surface area contributed by atoms with Gasteiger partial charge in [0.05, 0.1) is 25.7 Å². The van der Waals surface area contributed by atoms with E-state index in [-0.39, 0.29) is 12.0 Å². The summed E-state index contributed by atoms with van der Waals surface area (Å²) in [4.78, 5) is 50.4. The third-order valence-electron chi connectivity index (χ3n) is 5.54. The normalized spacial score (nSPS) is 16.5. The highest BCUT2D eigenvalue weighted by Crippen LogP contribution is 2.40. The summed E-state index contributed by atoms with van der Waals surface area (Å²) in [7, 11) is 2.38. The maximum absolute atomic E-state index is 13.4. The lowest BCUT2D eigenvalue weighted by atomic mass is 9.76. The zero-order valence-corrected chi connectivity index (χ0v) is 19.4. The number of hydrogen-bond acceptors (Lipinski definition) is 8. The Bertz CT molecular complexity index is 1120. The molecule has 8 heteroatoms. The minimum absolute atomic E-state index is 0.0442. The van der Waals surface area contributed by atoms with Gasteiger partial charge in [-0.25, -0.2) is 14.4 Å². The zero-order valence-electron chi connectivity index (χ0n) is 19.4. The van der Waals surface area contributed by atoms with Crippen LogP contribution in [-0.4, -0.2) is 50.3 Å². The number of methoxy groups -OCH3 is 2. The molecule has 8 nitrogen and oxygen atoms in total. The second-order valence-electron chi connectivity index (χ2n) is 7.74. The van der Waals surface area contributed by atoms with E-state index in [2.05, 4.69) is 9.47 Å². The summed E-state index contributed by atoms with van der Waals surface area (Å²) < 4.78 is 20.0. The Morgan fingerprint density at radius 1 is 0.794 bits per heavy atom. The predicted octanol–water partition coefficient (Wildman–Crippen LogP) is 2.87. The van der Waals surface area contributed by atoms with E-state index in [1.54, 1.807) is 0 Å². The topological polar surface area (TPSA) is 105 Å². The van der Waals surface area contributed by atoms with E-state index in [9.17, 15) is 19.2 Å². The molecule has 0 aromatic heterocycles. The van der Waals surface area contributed by atoms with Crippen LogP contribution in [0.4, 0.5) is 0 Å². The van der Waals surface area contributed by atoms with Crippen molar-refractivity contribution >= 4 is 29.5 Å². The minimum atomic E-state index is -1.19. The lowest BCUT2D eigenvalue weighted by molar-refractivity contribution is -0.168. The maximum atomic E-state index is 13.4. The molecule has 178 valence electrons. The van der Waals surface area contributed by atoms with Gasteiger partial charge in [-0.2, -0.15) is 0 Å². The molecule has 2 aromatic carbocycles. The standard InChI is InChI=1S/C26H26O8/c1-15(23(27)31-3)33-25(29)20-14-18-12-8-9-13-19(18)21(17-10-6-5-7-11-17)22(20)26(30)34-16(2)24(28)32-4/h5-13,15-16,20H,14H2,1-4H3/t15-,16-,20?/m0/s1. The number of hydrogen-bond donors (Lipinski definition) is 0. The molecular weight excluding hydrogens is 440 g/mol. The summed E-state index contributed by atoms with van der Waals surface area (Å²) in [6.45, 7) is 2.77. The molecule has 1 aliphatic rings. The summed E-state index contributed by atoms with van der Waals surface area (Å²) in [5.74, 6) is -4.16. The number of carbonyl (C=O) groups excluding carboxylic acids is 4. The highest BCUT2D eigenvalue weighted by Gasteiger charge is 2.40. The third kappa shape index (κ3) is 5.17. The van der Waals surface area contributed by atoms with Crippen molar-refractivity contribution in [1.82, 2.24) is 0 Å². The molecule has 0 radical (unpaired) electrons. The molecule has 1 unspecified atom stereocenters. The summed E-state index contributed by atoms with van der Waals surface area (Å²) in [5.41, 5.74) is 2.81. The van der Waals surface area contributed by atoms with Crippen LogP contribution in [0.5, 0.6) is 0 Å². The van der Waals surface area contributed by atoms with Crippen molar-refractivity contribution < 1.29 is 38.1 Å². The fraction of sp³-hybridized carbons (Fsp3) is 0.308. The first kappa shape index (κ1) is 24.7. The van der Waals surface area contributed by atoms with Gasteiger partial charge in [0.25, 0.3) is 0 Å². The number of esters is 4. The Labute approximate surface area is 197 Å². The number of ether oxygens (including phenoxy) is 4. The molecule has 0 aliphatic heterocycles. The Hall–Kier alpha value is -3.94. The number of fused-ring (bicyclic) bond motifs is 1. The molecule has 0 heterocycles. The van der Waals surface area contributed by atoms with Crippen LogP contribution in [0.15, 0.2) is 60.2 Å². The van der Waals surface area contributed by atoms with Crippen molar-refractivity contribution in [3.8, 4) is 0 Å². The Balaban J connectivity index is 2.16. The average Bonchev–Trinajstić information content (AvgIpc) is 2.86. The van der Waals surface area contributed by atoms with Gasteiger partial charge < -0.3 is 18.9 Å². The van der Waals surface area contributed by atoms with Gasteiger partial charge in [0.1, 0.15) is 0 Å². The van der Waals surface area contributed by atoms with E-state index >= 15 is 0 Å². The quantitative estimate of drug-likeness (QED) is 0.453. The van der Waals surface area contributed by atoms with Crippen LogP contribution in [-0.2, 0) is 44.5 Å². The predicted molar refractivity (Wildman–Crippen MR) is 121 cm³/mol. The molecule has 0 saturated carbocycles. The first-order valence-electron chi connectivity index (χ1n) is 10.7. The van der Waals surface area contributed by atoms with Crippen molar-refractivity contribution in [1.29, 1.82) is 0 Å². The van der Waals surface area contributed by atoms with Gasteiger partial charge in [-0.3, -0.25) is 4.79 Å². The lowest BCUT2D eigenvalue weighted by Gasteiger charge is -2.29. The van der Waals surface area contributed by atoms with Gasteiger partial charge in [-0.1, -0.05) is 54.6 Å². The molecule has 34 heavy (non-hydrogen) atoms. The SMILES string of the molecule is COC(=O)[C@H](C)OC(=O)C1=C(c2ccccc2)c2ccccc2CC1C(=O)O[C@@H](C)C(=O)OC. The molecule has 0 bridgehead atoms. The lowest BCUT2D eigenvalue weighted by Crippen LogP contribution is -2.36. The molecule has 3 rings (SSSR count). The highest BCUT2D eigenvalue weighted by molar-refractivity contribution is 6.08. The van der Waals surface area contributed by atoms with Gasteiger partial charge in [-0.05, 0) is 37.0 Å². The molecular formula is C26H26O8. The van der Waals surface area contributed by atoms with Gasteiger partial charge in [0.15, 0.2) is 12.2 Å². The van der Waals surface area contributed by atoms with Crippen molar-refractivity contribution in [2.75, 3.05) is 14.2 Å². The fourth-order valence-electron chi connectivity index (χ4n) is 3.85. The van der Waals surface area contributed by atoms with Gasteiger partial charge in [0, 0.05) is 5.57 Å². The van der Waals surface area contributed by atoms with Crippen LogP contribution >= 0.6 is 0 Å². The van der Waals surface area contributed by atoms with E-state index < -0.39 is 42.0 Å². The summed E-state index contributed by atoms with van der Waals surface area (Å²) in [5, 5.41) is 0. The molecule has 2 aromatic rings. The molecule has 0 saturated heterocycles. The van der Waals surface area contributed by atoms with Crippen LogP contribution in [0, 0.1) is 5.92 Å². The van der Waals surface area contributed by atoms with E-state index in [0.29, 0.717) is 11.1 Å². The summed E-state index contributed by atoms with van der Waals surface area (Å²) in [6, 6.07) is 16.5. The number of rotatable bonds is 7. The van der Waals surface area contributed by atoms with Crippen molar-refractivity contribution in [3.05, 3.63) is 76.9 Å². The molecule has 0 fully saturated rings. The highest BCUT2D eigenvalue weighted by atomic mass is 16.6.